The van der Waals surface area contributed by atoms with Gasteiger partial charge in [-0.2, -0.15) is 0 Å². The van der Waals surface area contributed by atoms with Crippen LogP contribution >= 0.6 is 0 Å². The molecule has 60 valence electrons. The van der Waals surface area contributed by atoms with Gasteiger partial charge < -0.3 is 5.11 Å². The Hall–Kier alpha value is -0.968. The van der Waals surface area contributed by atoms with E-state index < -0.39 is 0 Å². The molecule has 2 aromatic carbocycles. The first-order valence-corrected chi connectivity index (χ1v) is 3.54. The third-order valence-electron chi connectivity index (χ3n) is 1.73. The van der Waals surface area contributed by atoms with Crippen molar-refractivity contribution in [3.63, 3.8) is 0 Å². The van der Waals surface area contributed by atoms with Crippen molar-refractivity contribution in [2.24, 2.45) is 0 Å². The van der Waals surface area contributed by atoms with E-state index in [9.17, 15) is 0 Å². The molecule has 2 heteroatoms. The van der Waals surface area contributed by atoms with Gasteiger partial charge in [0.2, 0.25) is 0 Å². The molecular weight excluding hydrogens is 163 g/mol. The summed E-state index contributed by atoms with van der Waals surface area (Å²) in [5.74, 6) is 0.323. The van der Waals surface area contributed by atoms with E-state index in [1.54, 1.807) is 12.1 Å². The highest BCUT2D eigenvalue weighted by atomic mass is 27.0. The molecule has 0 aliphatic rings. The van der Waals surface area contributed by atoms with Crippen molar-refractivity contribution < 1.29 is 5.11 Å². The maximum absolute atomic E-state index is 9.13. The Labute approximate surface area is 81.8 Å². The molecular formula is C10H11AlO. The highest BCUT2D eigenvalue weighted by Crippen LogP contribution is 2.18. The summed E-state index contributed by atoms with van der Waals surface area (Å²) in [4.78, 5) is 0. The molecule has 0 bridgehead atoms. The summed E-state index contributed by atoms with van der Waals surface area (Å²) in [6.45, 7) is 0. The summed E-state index contributed by atoms with van der Waals surface area (Å²) in [7, 11) is 0. The number of benzene rings is 2. The topological polar surface area (TPSA) is 20.2 Å². The molecule has 0 aliphatic carbocycles. The SMILES string of the molecule is Oc1ccc2ccccc2c1.[AlH3]. The number of phenolic OH excluding ortho intramolecular Hbond substituents is 1. The van der Waals surface area contributed by atoms with E-state index in [2.05, 4.69) is 0 Å². The van der Waals surface area contributed by atoms with Gasteiger partial charge in [-0.1, -0.05) is 30.3 Å². The molecule has 2 aromatic rings. The molecule has 2 rings (SSSR count). The van der Waals surface area contributed by atoms with E-state index in [-0.39, 0.29) is 17.4 Å². The van der Waals surface area contributed by atoms with E-state index in [0.29, 0.717) is 5.75 Å². The predicted molar refractivity (Wildman–Crippen MR) is 55.6 cm³/mol. The van der Waals surface area contributed by atoms with Gasteiger partial charge in [0.25, 0.3) is 0 Å². The molecule has 0 spiro atoms. The summed E-state index contributed by atoms with van der Waals surface area (Å²) in [5, 5.41) is 11.4. The van der Waals surface area contributed by atoms with Crippen molar-refractivity contribution in [2.45, 2.75) is 0 Å². The van der Waals surface area contributed by atoms with Crippen molar-refractivity contribution in [1.82, 2.24) is 0 Å². The molecule has 0 saturated heterocycles. The zero-order chi connectivity index (χ0) is 7.68. The summed E-state index contributed by atoms with van der Waals surface area (Å²) >= 11 is 0. The predicted octanol–water partition coefficient (Wildman–Crippen LogP) is 1.36. The minimum Gasteiger partial charge on any atom is -0.508 e. The third-order valence-corrected chi connectivity index (χ3v) is 1.73. The van der Waals surface area contributed by atoms with Gasteiger partial charge in [0, 0.05) is 0 Å². The molecule has 0 atom stereocenters. The second kappa shape index (κ2) is 3.62. The molecule has 0 aliphatic heterocycles. The van der Waals surface area contributed by atoms with Gasteiger partial charge in [-0.25, -0.2) is 0 Å². The van der Waals surface area contributed by atoms with Crippen LogP contribution in [0.25, 0.3) is 10.8 Å². The van der Waals surface area contributed by atoms with Crippen LogP contribution < -0.4 is 0 Å². The van der Waals surface area contributed by atoms with E-state index in [0.717, 1.165) is 10.8 Å². The van der Waals surface area contributed by atoms with Crippen LogP contribution in [-0.4, -0.2) is 22.5 Å². The van der Waals surface area contributed by atoms with Gasteiger partial charge >= 0.3 is 0 Å². The first kappa shape index (κ1) is 9.12. The number of fused-ring (bicyclic) bond motifs is 1. The lowest BCUT2D eigenvalue weighted by Gasteiger charge is -1.96. The van der Waals surface area contributed by atoms with Gasteiger partial charge in [-0.3, -0.25) is 0 Å². The average Bonchev–Trinajstić information content (AvgIpc) is 2.04. The molecule has 1 nitrogen and oxygen atoms in total. The second-order valence-corrected chi connectivity index (χ2v) is 2.53. The largest absolute Gasteiger partial charge is 0.508 e. The van der Waals surface area contributed by atoms with Gasteiger partial charge in [-0.15, -0.1) is 0 Å². The van der Waals surface area contributed by atoms with Crippen LogP contribution in [0, 0.1) is 0 Å². The summed E-state index contributed by atoms with van der Waals surface area (Å²) < 4.78 is 0. The Bertz CT molecular complexity index is 384. The van der Waals surface area contributed by atoms with Gasteiger partial charge in [0.05, 0.1) is 0 Å². The van der Waals surface area contributed by atoms with Crippen molar-refractivity contribution in [3.8, 4) is 5.75 Å². The van der Waals surface area contributed by atoms with Gasteiger partial charge in [0.1, 0.15) is 5.75 Å². The average molecular weight is 174 g/mol. The minimum absolute atomic E-state index is 0. The van der Waals surface area contributed by atoms with Crippen molar-refractivity contribution >= 4 is 28.1 Å². The zero-order valence-electron chi connectivity index (χ0n) is 5.99. The van der Waals surface area contributed by atoms with Crippen LogP contribution in [0.2, 0.25) is 0 Å². The Balaban J connectivity index is 0.000000720. The first-order chi connectivity index (χ1) is 5.36. The molecule has 1 N–H and O–H groups in total. The Morgan fingerprint density at radius 2 is 1.50 bits per heavy atom. The van der Waals surface area contributed by atoms with E-state index in [4.69, 9.17) is 5.11 Å². The van der Waals surface area contributed by atoms with Crippen molar-refractivity contribution in [1.29, 1.82) is 0 Å². The lowest BCUT2D eigenvalue weighted by molar-refractivity contribution is 0.476. The molecule has 0 heterocycles. The number of rotatable bonds is 0. The Morgan fingerprint density at radius 1 is 0.833 bits per heavy atom. The van der Waals surface area contributed by atoms with Crippen LogP contribution in [0.3, 0.4) is 0 Å². The fraction of sp³-hybridized carbons (Fsp3) is 0. The van der Waals surface area contributed by atoms with Crippen LogP contribution in [0.15, 0.2) is 42.5 Å². The highest BCUT2D eigenvalue weighted by Gasteiger charge is 1.91. The number of phenols is 1. The highest BCUT2D eigenvalue weighted by molar-refractivity contribution is 5.83. The molecule has 0 unspecified atom stereocenters. The van der Waals surface area contributed by atoms with Crippen LogP contribution in [0.5, 0.6) is 5.75 Å². The molecule has 0 saturated carbocycles. The lowest BCUT2D eigenvalue weighted by Crippen LogP contribution is -1.69. The minimum atomic E-state index is 0. The number of aromatic hydroxyl groups is 1. The van der Waals surface area contributed by atoms with Crippen molar-refractivity contribution in [3.05, 3.63) is 42.5 Å². The molecule has 12 heavy (non-hydrogen) atoms. The fourth-order valence-electron chi connectivity index (χ4n) is 1.18. The normalized spacial score (nSPS) is 9.33. The maximum atomic E-state index is 9.13. The summed E-state index contributed by atoms with van der Waals surface area (Å²) in [5.41, 5.74) is 0. The Morgan fingerprint density at radius 3 is 2.25 bits per heavy atom. The quantitative estimate of drug-likeness (QED) is 0.598. The first-order valence-electron chi connectivity index (χ1n) is 3.54. The number of hydrogen-bond acceptors (Lipinski definition) is 1. The fourth-order valence-corrected chi connectivity index (χ4v) is 1.18. The molecule has 0 amide bonds. The monoisotopic (exact) mass is 174 g/mol. The summed E-state index contributed by atoms with van der Waals surface area (Å²) in [6, 6.07) is 13.3. The second-order valence-electron chi connectivity index (χ2n) is 2.53. The van der Waals surface area contributed by atoms with Gasteiger partial charge in [-0.05, 0) is 22.9 Å². The molecule has 0 aromatic heterocycles. The van der Waals surface area contributed by atoms with Crippen molar-refractivity contribution in [2.75, 3.05) is 0 Å². The van der Waals surface area contributed by atoms with E-state index in [1.807, 2.05) is 30.3 Å². The van der Waals surface area contributed by atoms with Crippen LogP contribution in [-0.2, 0) is 0 Å². The third kappa shape index (κ3) is 1.61. The lowest BCUT2D eigenvalue weighted by atomic mass is 10.1. The zero-order valence-corrected chi connectivity index (χ0v) is 5.99. The molecule has 0 fully saturated rings. The smallest absolute Gasteiger partial charge is 0.187 e. The van der Waals surface area contributed by atoms with Gasteiger partial charge in [0.15, 0.2) is 17.4 Å². The number of hydrogen-bond donors (Lipinski definition) is 1. The van der Waals surface area contributed by atoms with Crippen LogP contribution in [0.4, 0.5) is 0 Å². The standard InChI is InChI=1S/C10H8O.Al.3H/c11-10-6-5-8-3-1-2-4-9(8)7-10;;;;/h1-7,11H;;;;. The molecule has 0 radical (unpaired) electrons. The Kier molecular flexibility index (Phi) is 2.75. The summed E-state index contributed by atoms with van der Waals surface area (Å²) in [6.07, 6.45) is 0. The van der Waals surface area contributed by atoms with Crippen LogP contribution in [0.1, 0.15) is 0 Å². The van der Waals surface area contributed by atoms with E-state index >= 15 is 0 Å². The maximum Gasteiger partial charge on any atom is 0.187 e. The van der Waals surface area contributed by atoms with E-state index in [1.165, 1.54) is 0 Å².